The molecule has 0 spiro atoms. The fourth-order valence-corrected chi connectivity index (χ4v) is 2.89. The molecule has 1 heterocycles. The summed E-state index contributed by atoms with van der Waals surface area (Å²) in [6, 6.07) is 1.36. The SMILES string of the molecule is CCCCC(CC)CN1CCC(NC(C)C)C1. The summed E-state index contributed by atoms with van der Waals surface area (Å²) in [5, 5.41) is 3.66. The zero-order chi connectivity index (χ0) is 12.7. The van der Waals surface area contributed by atoms with Crippen molar-refractivity contribution in [2.75, 3.05) is 19.6 Å². The minimum absolute atomic E-state index is 0.627. The van der Waals surface area contributed by atoms with Gasteiger partial charge in [0.05, 0.1) is 0 Å². The van der Waals surface area contributed by atoms with Crippen molar-refractivity contribution in [3.63, 3.8) is 0 Å². The molecule has 2 nitrogen and oxygen atoms in total. The van der Waals surface area contributed by atoms with Crippen LogP contribution in [0.25, 0.3) is 0 Å². The van der Waals surface area contributed by atoms with Gasteiger partial charge in [-0.3, -0.25) is 0 Å². The van der Waals surface area contributed by atoms with E-state index in [1.807, 2.05) is 0 Å². The summed E-state index contributed by atoms with van der Waals surface area (Å²) >= 11 is 0. The van der Waals surface area contributed by atoms with Gasteiger partial charge in [0.2, 0.25) is 0 Å². The second-order valence-electron chi connectivity index (χ2n) is 5.98. The van der Waals surface area contributed by atoms with Crippen LogP contribution in [0.5, 0.6) is 0 Å². The third-order valence-corrected chi connectivity index (χ3v) is 3.90. The maximum Gasteiger partial charge on any atom is 0.0209 e. The van der Waals surface area contributed by atoms with E-state index in [2.05, 4.69) is 37.9 Å². The standard InChI is InChI=1S/C15H32N2/c1-5-7-8-14(6-2)11-17-10-9-15(12-17)16-13(3)4/h13-16H,5-12H2,1-4H3. The van der Waals surface area contributed by atoms with Crippen LogP contribution in [-0.2, 0) is 0 Å². The second-order valence-corrected chi connectivity index (χ2v) is 5.98. The molecule has 0 aromatic rings. The van der Waals surface area contributed by atoms with E-state index in [0.29, 0.717) is 6.04 Å². The first-order valence-corrected chi connectivity index (χ1v) is 7.64. The Bertz CT molecular complexity index is 191. The summed E-state index contributed by atoms with van der Waals surface area (Å²) in [6.07, 6.45) is 6.85. The van der Waals surface area contributed by atoms with Crippen molar-refractivity contribution in [1.29, 1.82) is 0 Å². The summed E-state index contributed by atoms with van der Waals surface area (Å²) in [4.78, 5) is 2.67. The van der Waals surface area contributed by atoms with E-state index >= 15 is 0 Å². The van der Waals surface area contributed by atoms with Gasteiger partial charge in [-0.2, -0.15) is 0 Å². The van der Waals surface area contributed by atoms with Crippen LogP contribution in [0.3, 0.4) is 0 Å². The van der Waals surface area contributed by atoms with Gasteiger partial charge in [-0.1, -0.05) is 47.0 Å². The number of hydrogen-bond donors (Lipinski definition) is 1. The molecule has 0 saturated carbocycles. The van der Waals surface area contributed by atoms with E-state index in [9.17, 15) is 0 Å². The lowest BCUT2D eigenvalue weighted by atomic mass is 9.99. The summed E-state index contributed by atoms with van der Waals surface area (Å²) in [7, 11) is 0. The van der Waals surface area contributed by atoms with Gasteiger partial charge in [0.25, 0.3) is 0 Å². The first kappa shape index (κ1) is 15.0. The molecule has 0 bridgehead atoms. The molecule has 0 aliphatic carbocycles. The highest BCUT2D eigenvalue weighted by atomic mass is 15.2. The Labute approximate surface area is 108 Å². The lowest BCUT2D eigenvalue weighted by Gasteiger charge is -2.23. The van der Waals surface area contributed by atoms with Crippen molar-refractivity contribution in [3.8, 4) is 0 Å². The molecular formula is C15H32N2. The molecule has 1 rings (SSSR count). The normalized spacial score (nSPS) is 23.5. The van der Waals surface area contributed by atoms with Crippen LogP contribution < -0.4 is 5.32 Å². The monoisotopic (exact) mass is 240 g/mol. The Hall–Kier alpha value is -0.0800. The van der Waals surface area contributed by atoms with Gasteiger partial charge in [-0.15, -0.1) is 0 Å². The molecule has 0 amide bonds. The van der Waals surface area contributed by atoms with E-state index in [4.69, 9.17) is 0 Å². The maximum atomic E-state index is 3.66. The minimum atomic E-state index is 0.627. The van der Waals surface area contributed by atoms with Gasteiger partial charge in [0.1, 0.15) is 0 Å². The van der Waals surface area contributed by atoms with Gasteiger partial charge >= 0.3 is 0 Å². The molecule has 17 heavy (non-hydrogen) atoms. The van der Waals surface area contributed by atoms with E-state index in [0.717, 1.165) is 12.0 Å². The predicted molar refractivity (Wildman–Crippen MR) is 76.4 cm³/mol. The highest BCUT2D eigenvalue weighted by Gasteiger charge is 2.24. The average molecular weight is 240 g/mol. The minimum Gasteiger partial charge on any atom is -0.310 e. The highest BCUT2D eigenvalue weighted by molar-refractivity contribution is 4.83. The largest absolute Gasteiger partial charge is 0.310 e. The number of unbranched alkanes of at least 4 members (excludes halogenated alkanes) is 1. The third kappa shape index (κ3) is 5.87. The highest BCUT2D eigenvalue weighted by Crippen LogP contribution is 2.18. The van der Waals surface area contributed by atoms with E-state index in [-0.39, 0.29) is 0 Å². The van der Waals surface area contributed by atoms with Crippen LogP contribution >= 0.6 is 0 Å². The summed E-state index contributed by atoms with van der Waals surface area (Å²) in [5.41, 5.74) is 0. The Balaban J connectivity index is 2.23. The van der Waals surface area contributed by atoms with Crippen LogP contribution in [0.4, 0.5) is 0 Å². The fourth-order valence-electron chi connectivity index (χ4n) is 2.89. The lowest BCUT2D eigenvalue weighted by molar-refractivity contribution is 0.254. The fraction of sp³-hybridized carbons (Fsp3) is 1.00. The molecule has 1 aliphatic rings. The molecule has 0 radical (unpaired) electrons. The van der Waals surface area contributed by atoms with Crippen LogP contribution in [0.15, 0.2) is 0 Å². The molecule has 2 unspecified atom stereocenters. The van der Waals surface area contributed by atoms with Crippen molar-refractivity contribution < 1.29 is 0 Å². The Morgan fingerprint density at radius 3 is 2.65 bits per heavy atom. The topological polar surface area (TPSA) is 15.3 Å². The lowest BCUT2D eigenvalue weighted by Crippen LogP contribution is -2.37. The molecule has 0 aromatic heterocycles. The van der Waals surface area contributed by atoms with E-state index in [1.54, 1.807) is 0 Å². The smallest absolute Gasteiger partial charge is 0.0209 e. The van der Waals surface area contributed by atoms with E-state index < -0.39 is 0 Å². The van der Waals surface area contributed by atoms with Gasteiger partial charge in [0.15, 0.2) is 0 Å². The van der Waals surface area contributed by atoms with Crippen molar-refractivity contribution in [2.45, 2.75) is 71.9 Å². The van der Waals surface area contributed by atoms with Crippen molar-refractivity contribution >= 4 is 0 Å². The first-order valence-electron chi connectivity index (χ1n) is 7.64. The van der Waals surface area contributed by atoms with Gasteiger partial charge in [-0.05, 0) is 25.3 Å². The van der Waals surface area contributed by atoms with Crippen LogP contribution in [0.2, 0.25) is 0 Å². The average Bonchev–Trinajstić information content (AvgIpc) is 2.70. The summed E-state index contributed by atoms with van der Waals surface area (Å²) in [5.74, 6) is 0.924. The zero-order valence-corrected chi connectivity index (χ0v) is 12.3. The van der Waals surface area contributed by atoms with Crippen LogP contribution in [0.1, 0.15) is 59.8 Å². The number of nitrogens with one attached hydrogen (secondary N) is 1. The van der Waals surface area contributed by atoms with Gasteiger partial charge < -0.3 is 10.2 Å². The van der Waals surface area contributed by atoms with Crippen LogP contribution in [-0.4, -0.2) is 36.6 Å². The molecule has 2 atom stereocenters. The molecular weight excluding hydrogens is 208 g/mol. The quantitative estimate of drug-likeness (QED) is 0.700. The predicted octanol–water partition coefficient (Wildman–Crippen LogP) is 3.28. The third-order valence-electron chi connectivity index (χ3n) is 3.90. The zero-order valence-electron chi connectivity index (χ0n) is 12.3. The summed E-state index contributed by atoms with van der Waals surface area (Å²) in [6.45, 7) is 13.0. The van der Waals surface area contributed by atoms with Gasteiger partial charge in [-0.25, -0.2) is 0 Å². The van der Waals surface area contributed by atoms with Crippen molar-refractivity contribution in [3.05, 3.63) is 0 Å². The van der Waals surface area contributed by atoms with Crippen molar-refractivity contribution in [2.24, 2.45) is 5.92 Å². The maximum absolute atomic E-state index is 3.66. The molecule has 1 fully saturated rings. The molecule has 1 saturated heterocycles. The molecule has 1 aliphatic heterocycles. The number of nitrogens with zero attached hydrogens (tertiary/aromatic N) is 1. The Morgan fingerprint density at radius 1 is 1.29 bits per heavy atom. The Morgan fingerprint density at radius 2 is 2.06 bits per heavy atom. The van der Waals surface area contributed by atoms with Crippen LogP contribution in [0, 0.1) is 5.92 Å². The molecule has 0 aromatic carbocycles. The molecule has 102 valence electrons. The Kier molecular flexibility index (Phi) is 7.14. The van der Waals surface area contributed by atoms with E-state index in [1.165, 1.54) is 51.7 Å². The molecule has 2 heteroatoms. The second kappa shape index (κ2) is 8.10. The number of likely N-dealkylation sites (tertiary alicyclic amines) is 1. The molecule has 1 N–H and O–H groups in total. The first-order chi connectivity index (χ1) is 8.15. The van der Waals surface area contributed by atoms with Gasteiger partial charge in [0, 0.05) is 25.2 Å². The van der Waals surface area contributed by atoms with Crippen molar-refractivity contribution in [1.82, 2.24) is 10.2 Å². The number of rotatable bonds is 8. The number of hydrogen-bond acceptors (Lipinski definition) is 2. The summed E-state index contributed by atoms with van der Waals surface area (Å²) < 4.78 is 0.